The highest BCUT2D eigenvalue weighted by molar-refractivity contribution is 5.04. The van der Waals surface area contributed by atoms with Crippen LogP contribution in [-0.2, 0) is 0 Å². The maximum absolute atomic E-state index is 11.8. The lowest BCUT2D eigenvalue weighted by Crippen LogP contribution is -1.92. The van der Waals surface area contributed by atoms with Crippen molar-refractivity contribution in [3.63, 3.8) is 0 Å². The van der Waals surface area contributed by atoms with Crippen LogP contribution in [0.2, 0.25) is 0 Å². The maximum Gasteiger partial charge on any atom is 0.111 e. The highest BCUT2D eigenvalue weighted by Crippen LogP contribution is 2.16. The molecule has 1 rings (SSSR count). The van der Waals surface area contributed by atoms with E-state index in [-0.39, 0.29) is 6.67 Å². The van der Waals surface area contributed by atoms with Crippen LogP contribution >= 0.6 is 0 Å². The Morgan fingerprint density at radius 2 is 2.38 bits per heavy atom. The average Bonchev–Trinajstić information content (AvgIpc) is 1.90. The van der Waals surface area contributed by atoms with E-state index in [1.54, 1.807) is 0 Å². The molecule has 46 valence electrons. The van der Waals surface area contributed by atoms with Crippen molar-refractivity contribution in [3.8, 4) is 0 Å². The monoisotopic (exact) mass is 114 g/mol. The standard InChI is InChI=1S/C7H11F/c8-6-7-4-2-1-3-5-7/h4H,1-3,5-6H2. The van der Waals surface area contributed by atoms with Gasteiger partial charge in [0.1, 0.15) is 6.67 Å². The molecule has 0 bridgehead atoms. The van der Waals surface area contributed by atoms with E-state index >= 15 is 0 Å². The maximum atomic E-state index is 11.8. The third-order valence-electron chi connectivity index (χ3n) is 1.56. The van der Waals surface area contributed by atoms with Gasteiger partial charge in [-0.05, 0) is 31.3 Å². The van der Waals surface area contributed by atoms with Gasteiger partial charge in [-0.3, -0.25) is 0 Å². The fourth-order valence-corrected chi connectivity index (χ4v) is 1.03. The van der Waals surface area contributed by atoms with Gasteiger partial charge in [0.15, 0.2) is 0 Å². The van der Waals surface area contributed by atoms with Gasteiger partial charge in [-0.2, -0.15) is 0 Å². The minimum absolute atomic E-state index is 0.222. The molecular formula is C7H11F. The zero-order valence-corrected chi connectivity index (χ0v) is 4.99. The number of allylic oxidation sites excluding steroid dienone is 2. The zero-order valence-electron chi connectivity index (χ0n) is 4.99. The summed E-state index contributed by atoms with van der Waals surface area (Å²) in [7, 11) is 0. The predicted octanol–water partition coefficient (Wildman–Crippen LogP) is 2.46. The van der Waals surface area contributed by atoms with E-state index in [2.05, 4.69) is 0 Å². The fraction of sp³-hybridized carbons (Fsp3) is 0.714. The van der Waals surface area contributed by atoms with E-state index in [1.807, 2.05) is 6.08 Å². The first kappa shape index (κ1) is 5.80. The summed E-state index contributed by atoms with van der Waals surface area (Å²) in [5, 5.41) is 0. The minimum atomic E-state index is -0.222. The summed E-state index contributed by atoms with van der Waals surface area (Å²) in [4.78, 5) is 0. The number of halogens is 1. The molecule has 0 aliphatic heterocycles. The smallest absolute Gasteiger partial charge is 0.111 e. The van der Waals surface area contributed by atoms with Gasteiger partial charge in [0.2, 0.25) is 0 Å². The van der Waals surface area contributed by atoms with Crippen molar-refractivity contribution in [1.29, 1.82) is 0 Å². The Morgan fingerprint density at radius 3 is 2.75 bits per heavy atom. The molecule has 1 aliphatic carbocycles. The molecule has 8 heavy (non-hydrogen) atoms. The molecule has 0 saturated heterocycles. The molecule has 0 spiro atoms. The molecule has 0 saturated carbocycles. The molecule has 0 heterocycles. The summed E-state index contributed by atoms with van der Waals surface area (Å²) in [6, 6.07) is 0. The van der Waals surface area contributed by atoms with Gasteiger partial charge >= 0.3 is 0 Å². The molecule has 0 nitrogen and oxygen atoms in total. The Balaban J connectivity index is 2.37. The van der Waals surface area contributed by atoms with Gasteiger partial charge in [0.25, 0.3) is 0 Å². The Bertz CT molecular complexity index is 94.6. The second kappa shape index (κ2) is 2.85. The van der Waals surface area contributed by atoms with Crippen LogP contribution in [0, 0.1) is 0 Å². The Morgan fingerprint density at radius 1 is 1.50 bits per heavy atom. The Labute approximate surface area is 49.4 Å². The molecule has 0 radical (unpaired) electrons. The summed E-state index contributed by atoms with van der Waals surface area (Å²) < 4.78 is 11.8. The fourth-order valence-electron chi connectivity index (χ4n) is 1.03. The van der Waals surface area contributed by atoms with Crippen LogP contribution in [0.25, 0.3) is 0 Å². The van der Waals surface area contributed by atoms with Crippen LogP contribution in [0.4, 0.5) is 4.39 Å². The Hall–Kier alpha value is -0.330. The summed E-state index contributed by atoms with van der Waals surface area (Å²) in [6.07, 6.45) is 6.57. The van der Waals surface area contributed by atoms with Crippen LogP contribution in [0.1, 0.15) is 25.7 Å². The van der Waals surface area contributed by atoms with Gasteiger partial charge in [0, 0.05) is 0 Å². The minimum Gasteiger partial charge on any atom is -0.246 e. The predicted molar refractivity (Wildman–Crippen MR) is 32.5 cm³/mol. The molecule has 0 N–H and O–H groups in total. The quantitative estimate of drug-likeness (QED) is 0.459. The summed E-state index contributed by atoms with van der Waals surface area (Å²) in [6.45, 7) is -0.222. The van der Waals surface area contributed by atoms with Crippen molar-refractivity contribution >= 4 is 0 Å². The summed E-state index contributed by atoms with van der Waals surface area (Å²) in [5.74, 6) is 0. The first-order chi connectivity index (χ1) is 3.93. The van der Waals surface area contributed by atoms with Crippen LogP contribution in [-0.4, -0.2) is 6.67 Å². The number of rotatable bonds is 1. The Kier molecular flexibility index (Phi) is 2.07. The molecule has 0 amide bonds. The van der Waals surface area contributed by atoms with Crippen LogP contribution < -0.4 is 0 Å². The molecule has 1 heteroatoms. The second-order valence-electron chi connectivity index (χ2n) is 2.24. The van der Waals surface area contributed by atoms with E-state index in [0.29, 0.717) is 0 Å². The summed E-state index contributed by atoms with van der Waals surface area (Å²) >= 11 is 0. The van der Waals surface area contributed by atoms with Gasteiger partial charge in [-0.1, -0.05) is 6.08 Å². The number of hydrogen-bond acceptors (Lipinski definition) is 0. The largest absolute Gasteiger partial charge is 0.246 e. The van der Waals surface area contributed by atoms with Crippen LogP contribution in [0.3, 0.4) is 0 Å². The van der Waals surface area contributed by atoms with E-state index in [0.717, 1.165) is 18.4 Å². The highest BCUT2D eigenvalue weighted by atomic mass is 19.1. The van der Waals surface area contributed by atoms with Crippen LogP contribution in [0.15, 0.2) is 11.6 Å². The molecule has 0 unspecified atom stereocenters. The molecule has 0 fully saturated rings. The van der Waals surface area contributed by atoms with Gasteiger partial charge in [-0.15, -0.1) is 0 Å². The first-order valence-electron chi connectivity index (χ1n) is 3.17. The van der Waals surface area contributed by atoms with Crippen LogP contribution in [0.5, 0.6) is 0 Å². The lowest BCUT2D eigenvalue weighted by molar-refractivity contribution is 0.515. The lowest BCUT2D eigenvalue weighted by Gasteiger charge is -2.07. The van der Waals surface area contributed by atoms with Crippen molar-refractivity contribution in [1.82, 2.24) is 0 Å². The van der Waals surface area contributed by atoms with E-state index in [9.17, 15) is 4.39 Å². The van der Waals surface area contributed by atoms with Gasteiger partial charge in [0.05, 0.1) is 0 Å². The topological polar surface area (TPSA) is 0 Å². The third kappa shape index (κ3) is 1.32. The third-order valence-corrected chi connectivity index (χ3v) is 1.56. The number of alkyl halides is 1. The van der Waals surface area contributed by atoms with E-state index < -0.39 is 0 Å². The molecule has 0 atom stereocenters. The van der Waals surface area contributed by atoms with E-state index in [4.69, 9.17) is 0 Å². The van der Waals surface area contributed by atoms with Crippen molar-refractivity contribution in [2.45, 2.75) is 25.7 Å². The van der Waals surface area contributed by atoms with Gasteiger partial charge in [-0.25, -0.2) is 4.39 Å². The molecular weight excluding hydrogens is 103 g/mol. The van der Waals surface area contributed by atoms with Crippen molar-refractivity contribution in [3.05, 3.63) is 11.6 Å². The average molecular weight is 114 g/mol. The van der Waals surface area contributed by atoms with E-state index in [1.165, 1.54) is 12.8 Å². The van der Waals surface area contributed by atoms with Crippen molar-refractivity contribution < 1.29 is 4.39 Å². The SMILES string of the molecule is FCC1=CCCCC1. The molecule has 0 aromatic heterocycles. The molecule has 0 aromatic rings. The number of hydrogen-bond donors (Lipinski definition) is 0. The molecule has 1 aliphatic rings. The van der Waals surface area contributed by atoms with Crippen molar-refractivity contribution in [2.24, 2.45) is 0 Å². The first-order valence-corrected chi connectivity index (χ1v) is 3.17. The molecule has 0 aromatic carbocycles. The second-order valence-corrected chi connectivity index (χ2v) is 2.24. The highest BCUT2D eigenvalue weighted by Gasteiger charge is 2.00. The van der Waals surface area contributed by atoms with Crippen molar-refractivity contribution in [2.75, 3.05) is 6.67 Å². The van der Waals surface area contributed by atoms with Gasteiger partial charge < -0.3 is 0 Å². The zero-order chi connectivity index (χ0) is 5.82. The summed E-state index contributed by atoms with van der Waals surface area (Å²) in [5.41, 5.74) is 1.01. The lowest BCUT2D eigenvalue weighted by atomic mass is 10.0. The normalized spacial score (nSPS) is 20.4.